The molecule has 242 valence electrons. The van der Waals surface area contributed by atoms with Crippen molar-refractivity contribution in [3.8, 4) is 0 Å². The van der Waals surface area contributed by atoms with E-state index in [1.54, 1.807) is 0 Å². The molecule has 0 spiro atoms. The van der Waals surface area contributed by atoms with Gasteiger partial charge in [0, 0.05) is 38.3 Å². The molecule has 2 aromatic carbocycles. The number of unbranched alkanes of at least 4 members (excludes halogenated alkanes) is 1. The number of methoxy groups -OCH3 is 1. The fourth-order valence-electron chi connectivity index (χ4n) is 5.34. The van der Waals surface area contributed by atoms with E-state index in [-0.39, 0.29) is 49.0 Å². The molecule has 0 N–H and O–H groups in total. The molecule has 0 saturated heterocycles. The van der Waals surface area contributed by atoms with Gasteiger partial charge in [-0.2, -0.15) is 31.1 Å². The Morgan fingerprint density at radius 1 is 0.932 bits per heavy atom. The monoisotopic (exact) mass is 648 g/mol. The summed E-state index contributed by atoms with van der Waals surface area (Å²) in [5.41, 5.74) is 1.17. The normalized spacial score (nSPS) is 12.9. The Balaban J connectivity index is 0.00000529. The van der Waals surface area contributed by atoms with Crippen LogP contribution in [-0.2, 0) is 54.9 Å². The second-order valence-corrected chi connectivity index (χ2v) is 10.6. The zero-order valence-electron chi connectivity index (χ0n) is 24.6. The molecular weight excluding hydrogens is 614 g/mol. The van der Waals surface area contributed by atoms with E-state index in [2.05, 4.69) is 32.4 Å². The van der Waals surface area contributed by atoms with Gasteiger partial charge in [-0.15, -0.1) is 17.5 Å². The molecule has 0 unspecified atom stereocenters. The number of nitrogens with zero attached hydrogens (tertiary/aromatic N) is 6. The fraction of sp³-hybridized carbons (Fsp3) is 0.517. The first kappa shape index (κ1) is 34.9. The van der Waals surface area contributed by atoms with Gasteiger partial charge in [-0.25, -0.2) is 0 Å². The van der Waals surface area contributed by atoms with E-state index >= 15 is 0 Å². The SMILES string of the molecule is CCN(CCCCC(=O)OC)c1cc2c(cc1CN(Cc1cc(C(F)(F)F)cc(C(F)(F)F)c1)c1nnn(C)n1)CCC2.Cl. The average molecular weight is 649 g/mol. The van der Waals surface area contributed by atoms with E-state index in [0.717, 1.165) is 54.6 Å². The number of tetrazole rings is 1. The summed E-state index contributed by atoms with van der Waals surface area (Å²) < 4.78 is 86.3. The molecular formula is C29H35ClF6N6O2. The summed E-state index contributed by atoms with van der Waals surface area (Å²) >= 11 is 0. The summed E-state index contributed by atoms with van der Waals surface area (Å²) in [4.78, 5) is 16.4. The number of aromatic nitrogens is 4. The summed E-state index contributed by atoms with van der Waals surface area (Å²) in [6, 6.07) is 5.75. The van der Waals surface area contributed by atoms with Crippen molar-refractivity contribution in [1.82, 2.24) is 20.2 Å². The van der Waals surface area contributed by atoms with Crippen LogP contribution in [0.5, 0.6) is 0 Å². The summed E-state index contributed by atoms with van der Waals surface area (Å²) in [7, 11) is 2.87. The number of aryl methyl sites for hydroxylation is 3. The van der Waals surface area contributed by atoms with E-state index in [1.165, 1.54) is 29.4 Å². The maximum absolute atomic E-state index is 13.6. The number of carbonyl (C=O) groups excluding carboxylic acids is 1. The molecule has 1 aromatic heterocycles. The lowest BCUT2D eigenvalue weighted by Crippen LogP contribution is -2.29. The Morgan fingerprint density at radius 2 is 1.57 bits per heavy atom. The predicted molar refractivity (Wildman–Crippen MR) is 155 cm³/mol. The summed E-state index contributed by atoms with van der Waals surface area (Å²) in [6.45, 7) is 3.09. The summed E-state index contributed by atoms with van der Waals surface area (Å²) in [6.07, 6.45) is -5.49. The number of hydrogen-bond acceptors (Lipinski definition) is 7. The van der Waals surface area contributed by atoms with Crippen LogP contribution in [0.3, 0.4) is 0 Å². The average Bonchev–Trinajstić information content (AvgIpc) is 3.59. The lowest BCUT2D eigenvalue weighted by atomic mass is 10.0. The maximum Gasteiger partial charge on any atom is 0.416 e. The van der Waals surface area contributed by atoms with Crippen LogP contribution >= 0.6 is 12.4 Å². The molecule has 1 aliphatic rings. The van der Waals surface area contributed by atoms with Crippen molar-refractivity contribution in [1.29, 1.82) is 0 Å². The highest BCUT2D eigenvalue weighted by Crippen LogP contribution is 2.37. The molecule has 0 atom stereocenters. The second kappa shape index (κ2) is 14.5. The lowest BCUT2D eigenvalue weighted by molar-refractivity contribution is -0.143. The van der Waals surface area contributed by atoms with Crippen molar-refractivity contribution in [3.63, 3.8) is 0 Å². The number of anilines is 2. The molecule has 8 nitrogen and oxygen atoms in total. The lowest BCUT2D eigenvalue weighted by Gasteiger charge is -2.29. The Bertz CT molecular complexity index is 1400. The third kappa shape index (κ3) is 8.76. The number of alkyl halides is 6. The predicted octanol–water partition coefficient (Wildman–Crippen LogP) is 6.53. The van der Waals surface area contributed by atoms with Crippen molar-refractivity contribution < 1.29 is 35.9 Å². The van der Waals surface area contributed by atoms with Crippen LogP contribution in [-0.4, -0.2) is 46.4 Å². The number of rotatable bonds is 12. The van der Waals surface area contributed by atoms with Crippen molar-refractivity contribution in [2.45, 2.75) is 70.9 Å². The Morgan fingerprint density at radius 3 is 2.11 bits per heavy atom. The third-order valence-corrected chi connectivity index (χ3v) is 7.46. The van der Waals surface area contributed by atoms with Gasteiger partial charge in [0.25, 0.3) is 5.95 Å². The number of ether oxygens (including phenoxy) is 1. The van der Waals surface area contributed by atoms with Gasteiger partial charge in [-0.3, -0.25) is 4.79 Å². The number of halogens is 7. The third-order valence-electron chi connectivity index (χ3n) is 7.46. The first-order chi connectivity index (χ1) is 20.3. The molecule has 4 rings (SSSR count). The highest BCUT2D eigenvalue weighted by Gasteiger charge is 2.37. The van der Waals surface area contributed by atoms with Crippen LogP contribution in [0.1, 0.15) is 66.0 Å². The topological polar surface area (TPSA) is 76.4 Å². The molecule has 0 fully saturated rings. The van der Waals surface area contributed by atoms with Crippen molar-refractivity contribution in [2.75, 3.05) is 30.0 Å². The van der Waals surface area contributed by atoms with Gasteiger partial charge in [0.1, 0.15) is 0 Å². The standard InChI is InChI=1S/C29H34F6N6O2.ClH/c1-4-40(11-6-5-10-26(42)43-3)25-15-21-9-7-8-20(21)14-22(25)18-41(27-36-38-39(2)37-27)17-19-12-23(28(30,31)32)16-24(13-19)29(33,34)35;/h12-16H,4-11,17-18H2,1-3H3;1H. The quantitative estimate of drug-likeness (QED) is 0.126. The van der Waals surface area contributed by atoms with Crippen LogP contribution in [0.2, 0.25) is 0 Å². The maximum atomic E-state index is 13.6. The Labute approximate surface area is 257 Å². The fourth-order valence-corrected chi connectivity index (χ4v) is 5.34. The molecule has 0 amide bonds. The molecule has 15 heteroatoms. The van der Waals surface area contributed by atoms with Crippen LogP contribution in [0.15, 0.2) is 30.3 Å². The van der Waals surface area contributed by atoms with Gasteiger partial charge in [-0.1, -0.05) is 11.2 Å². The van der Waals surface area contributed by atoms with Crippen LogP contribution in [0.4, 0.5) is 38.0 Å². The van der Waals surface area contributed by atoms with Crippen molar-refractivity contribution in [3.05, 3.63) is 63.7 Å². The summed E-state index contributed by atoms with van der Waals surface area (Å²) in [5.74, 6) is -0.210. The molecule has 0 saturated carbocycles. The van der Waals surface area contributed by atoms with Gasteiger partial charge in [-0.05, 0) is 90.8 Å². The zero-order chi connectivity index (χ0) is 31.4. The number of hydrogen-bond donors (Lipinski definition) is 0. The minimum Gasteiger partial charge on any atom is -0.469 e. The smallest absolute Gasteiger partial charge is 0.416 e. The minimum absolute atomic E-state index is 0. The molecule has 44 heavy (non-hydrogen) atoms. The minimum atomic E-state index is -4.96. The molecule has 0 bridgehead atoms. The van der Waals surface area contributed by atoms with Crippen LogP contribution < -0.4 is 9.80 Å². The van der Waals surface area contributed by atoms with Crippen LogP contribution in [0, 0.1) is 0 Å². The van der Waals surface area contributed by atoms with Gasteiger partial charge >= 0.3 is 18.3 Å². The van der Waals surface area contributed by atoms with Crippen molar-refractivity contribution in [2.24, 2.45) is 7.05 Å². The van der Waals surface area contributed by atoms with Gasteiger partial charge in [0.2, 0.25) is 0 Å². The van der Waals surface area contributed by atoms with E-state index < -0.39 is 23.5 Å². The molecule has 3 aromatic rings. The number of benzene rings is 2. The van der Waals surface area contributed by atoms with E-state index in [4.69, 9.17) is 4.74 Å². The largest absolute Gasteiger partial charge is 0.469 e. The second-order valence-electron chi connectivity index (χ2n) is 10.6. The molecule has 1 heterocycles. The Kier molecular flexibility index (Phi) is 11.5. The number of carbonyl (C=O) groups is 1. The molecule has 1 aliphatic carbocycles. The van der Waals surface area contributed by atoms with E-state index in [0.29, 0.717) is 25.9 Å². The number of fused-ring (bicyclic) bond motifs is 1. The van der Waals surface area contributed by atoms with E-state index in [9.17, 15) is 31.1 Å². The zero-order valence-corrected chi connectivity index (χ0v) is 25.5. The number of esters is 1. The first-order valence-corrected chi connectivity index (χ1v) is 14.0. The Hall–Kier alpha value is -3.55. The first-order valence-electron chi connectivity index (χ1n) is 14.0. The highest BCUT2D eigenvalue weighted by molar-refractivity contribution is 5.85. The highest BCUT2D eigenvalue weighted by atomic mass is 35.5. The van der Waals surface area contributed by atoms with Gasteiger partial charge < -0.3 is 14.5 Å². The molecule has 0 aliphatic heterocycles. The van der Waals surface area contributed by atoms with E-state index in [1.807, 2.05) is 6.92 Å². The van der Waals surface area contributed by atoms with Crippen LogP contribution in [0.25, 0.3) is 0 Å². The summed E-state index contributed by atoms with van der Waals surface area (Å²) in [5, 5.41) is 12.1. The van der Waals surface area contributed by atoms with Crippen molar-refractivity contribution >= 4 is 30.0 Å². The van der Waals surface area contributed by atoms with Gasteiger partial charge in [0.05, 0.1) is 25.3 Å². The van der Waals surface area contributed by atoms with Gasteiger partial charge in [0.15, 0.2) is 0 Å². The molecule has 0 radical (unpaired) electrons.